The van der Waals surface area contributed by atoms with Gasteiger partial charge in [0, 0.05) is 25.1 Å². The summed E-state index contributed by atoms with van der Waals surface area (Å²) in [5, 5.41) is 5.84. The van der Waals surface area contributed by atoms with Crippen LogP contribution in [0.4, 0.5) is 4.39 Å². The zero-order valence-corrected chi connectivity index (χ0v) is 10.1. The summed E-state index contributed by atoms with van der Waals surface area (Å²) in [6, 6.07) is 6.46. The summed E-state index contributed by atoms with van der Waals surface area (Å²) in [6.45, 7) is 3.90. The summed E-state index contributed by atoms with van der Waals surface area (Å²) >= 11 is 0. The number of amides is 1. The lowest BCUT2D eigenvalue weighted by Crippen LogP contribution is -2.27. The molecule has 0 aliphatic heterocycles. The molecule has 0 bridgehead atoms. The van der Waals surface area contributed by atoms with Crippen LogP contribution in [-0.4, -0.2) is 19.0 Å². The second-order valence-electron chi connectivity index (χ2n) is 3.87. The molecule has 0 atom stereocenters. The summed E-state index contributed by atoms with van der Waals surface area (Å²) in [5.41, 5.74) is 0.516. The molecule has 1 aromatic carbocycles. The Balaban J connectivity index is 2.22. The van der Waals surface area contributed by atoms with E-state index in [0.29, 0.717) is 18.5 Å². The first-order valence-electron chi connectivity index (χ1n) is 5.95. The minimum atomic E-state index is -0.281. The van der Waals surface area contributed by atoms with Crippen molar-refractivity contribution in [3.63, 3.8) is 0 Å². The van der Waals surface area contributed by atoms with Crippen LogP contribution in [0.3, 0.4) is 0 Å². The van der Waals surface area contributed by atoms with Crippen molar-refractivity contribution in [3.05, 3.63) is 35.6 Å². The van der Waals surface area contributed by atoms with Gasteiger partial charge in [-0.2, -0.15) is 0 Å². The van der Waals surface area contributed by atoms with Crippen molar-refractivity contribution in [2.45, 2.75) is 26.3 Å². The van der Waals surface area contributed by atoms with Crippen LogP contribution in [0.2, 0.25) is 0 Å². The monoisotopic (exact) mass is 238 g/mol. The van der Waals surface area contributed by atoms with Crippen LogP contribution in [-0.2, 0) is 11.3 Å². The Morgan fingerprint density at radius 1 is 1.29 bits per heavy atom. The molecular weight excluding hydrogens is 219 g/mol. The zero-order valence-electron chi connectivity index (χ0n) is 10.1. The standard InChI is InChI=1S/C13H19FN2O/c1-2-8-15-9-7-13(17)16-10-11-5-3-4-6-12(11)14/h3-6,15H,2,7-10H2,1H3,(H,16,17). The fourth-order valence-corrected chi connectivity index (χ4v) is 1.43. The molecule has 1 aromatic rings. The van der Waals surface area contributed by atoms with Gasteiger partial charge in [0.1, 0.15) is 5.82 Å². The van der Waals surface area contributed by atoms with Crippen molar-refractivity contribution in [2.75, 3.05) is 13.1 Å². The van der Waals surface area contributed by atoms with Crippen LogP contribution < -0.4 is 10.6 Å². The average Bonchev–Trinajstić information content (AvgIpc) is 2.34. The van der Waals surface area contributed by atoms with Crippen LogP contribution in [0.15, 0.2) is 24.3 Å². The van der Waals surface area contributed by atoms with Gasteiger partial charge in [-0.15, -0.1) is 0 Å². The number of halogens is 1. The fourth-order valence-electron chi connectivity index (χ4n) is 1.43. The first kappa shape index (κ1) is 13.6. The number of carbonyl (C=O) groups excluding carboxylic acids is 1. The molecule has 17 heavy (non-hydrogen) atoms. The van der Waals surface area contributed by atoms with Crippen LogP contribution in [0.25, 0.3) is 0 Å². The molecule has 1 rings (SSSR count). The van der Waals surface area contributed by atoms with Gasteiger partial charge in [-0.25, -0.2) is 4.39 Å². The van der Waals surface area contributed by atoms with E-state index in [9.17, 15) is 9.18 Å². The molecule has 0 saturated heterocycles. The van der Waals surface area contributed by atoms with Crippen molar-refractivity contribution < 1.29 is 9.18 Å². The first-order chi connectivity index (χ1) is 8.24. The van der Waals surface area contributed by atoms with Gasteiger partial charge in [-0.1, -0.05) is 25.1 Å². The number of benzene rings is 1. The normalized spacial score (nSPS) is 10.2. The van der Waals surface area contributed by atoms with Crippen LogP contribution in [0.1, 0.15) is 25.3 Å². The average molecular weight is 238 g/mol. The van der Waals surface area contributed by atoms with Gasteiger partial charge in [0.05, 0.1) is 0 Å². The number of hydrogen-bond acceptors (Lipinski definition) is 2. The zero-order chi connectivity index (χ0) is 12.5. The van der Waals surface area contributed by atoms with Crippen LogP contribution >= 0.6 is 0 Å². The second kappa shape index (κ2) is 7.79. The summed E-state index contributed by atoms with van der Waals surface area (Å²) in [6.07, 6.45) is 1.48. The lowest BCUT2D eigenvalue weighted by Gasteiger charge is -2.06. The molecule has 0 heterocycles. The number of rotatable bonds is 7. The molecule has 0 saturated carbocycles. The highest BCUT2D eigenvalue weighted by Crippen LogP contribution is 2.05. The first-order valence-corrected chi connectivity index (χ1v) is 5.95. The Kier molecular flexibility index (Phi) is 6.25. The molecule has 1 amide bonds. The van der Waals surface area contributed by atoms with Gasteiger partial charge >= 0.3 is 0 Å². The van der Waals surface area contributed by atoms with Gasteiger partial charge in [0.15, 0.2) is 0 Å². The van der Waals surface area contributed by atoms with Crippen molar-refractivity contribution in [1.82, 2.24) is 10.6 Å². The van der Waals surface area contributed by atoms with Gasteiger partial charge in [-0.3, -0.25) is 4.79 Å². The highest BCUT2D eigenvalue weighted by atomic mass is 19.1. The van der Waals surface area contributed by atoms with Crippen molar-refractivity contribution in [2.24, 2.45) is 0 Å². The van der Waals surface area contributed by atoms with E-state index in [2.05, 4.69) is 17.6 Å². The molecular formula is C13H19FN2O. The van der Waals surface area contributed by atoms with E-state index in [4.69, 9.17) is 0 Å². The number of hydrogen-bond donors (Lipinski definition) is 2. The Bertz CT molecular complexity index is 355. The lowest BCUT2D eigenvalue weighted by atomic mass is 10.2. The quantitative estimate of drug-likeness (QED) is 0.712. The molecule has 0 fully saturated rings. The Morgan fingerprint density at radius 2 is 2.06 bits per heavy atom. The second-order valence-corrected chi connectivity index (χ2v) is 3.87. The van der Waals surface area contributed by atoms with E-state index < -0.39 is 0 Å². The van der Waals surface area contributed by atoms with Gasteiger partial charge in [0.25, 0.3) is 0 Å². The van der Waals surface area contributed by atoms with Gasteiger partial charge < -0.3 is 10.6 Å². The third kappa shape index (κ3) is 5.45. The Labute approximate surface area is 101 Å². The summed E-state index contributed by atoms with van der Waals surface area (Å²) in [4.78, 5) is 11.4. The van der Waals surface area contributed by atoms with E-state index in [0.717, 1.165) is 13.0 Å². The minimum absolute atomic E-state index is 0.0585. The minimum Gasteiger partial charge on any atom is -0.352 e. The summed E-state index contributed by atoms with van der Waals surface area (Å²) in [7, 11) is 0. The van der Waals surface area contributed by atoms with E-state index in [-0.39, 0.29) is 18.3 Å². The van der Waals surface area contributed by atoms with E-state index in [1.54, 1.807) is 18.2 Å². The fraction of sp³-hybridized carbons (Fsp3) is 0.462. The number of carbonyl (C=O) groups is 1. The third-order valence-corrected chi connectivity index (χ3v) is 2.39. The van der Waals surface area contributed by atoms with E-state index >= 15 is 0 Å². The molecule has 0 radical (unpaired) electrons. The van der Waals surface area contributed by atoms with E-state index in [1.807, 2.05) is 0 Å². The van der Waals surface area contributed by atoms with Crippen LogP contribution in [0, 0.1) is 5.82 Å². The maximum absolute atomic E-state index is 13.2. The largest absolute Gasteiger partial charge is 0.352 e. The van der Waals surface area contributed by atoms with Crippen molar-refractivity contribution in [3.8, 4) is 0 Å². The smallest absolute Gasteiger partial charge is 0.221 e. The summed E-state index contributed by atoms with van der Waals surface area (Å²) < 4.78 is 13.2. The van der Waals surface area contributed by atoms with Crippen molar-refractivity contribution >= 4 is 5.91 Å². The molecule has 0 unspecified atom stereocenters. The number of nitrogens with one attached hydrogen (secondary N) is 2. The lowest BCUT2D eigenvalue weighted by molar-refractivity contribution is -0.121. The molecule has 0 aliphatic carbocycles. The third-order valence-electron chi connectivity index (χ3n) is 2.39. The topological polar surface area (TPSA) is 41.1 Å². The highest BCUT2D eigenvalue weighted by Gasteiger charge is 2.03. The molecule has 0 aromatic heterocycles. The predicted molar refractivity (Wildman–Crippen MR) is 66.0 cm³/mol. The molecule has 0 spiro atoms. The Hall–Kier alpha value is -1.42. The maximum atomic E-state index is 13.2. The SMILES string of the molecule is CCCNCCC(=O)NCc1ccccc1F. The molecule has 3 nitrogen and oxygen atoms in total. The van der Waals surface area contributed by atoms with E-state index in [1.165, 1.54) is 6.07 Å². The molecule has 4 heteroatoms. The molecule has 94 valence electrons. The molecule has 0 aliphatic rings. The van der Waals surface area contributed by atoms with Gasteiger partial charge in [0.2, 0.25) is 5.91 Å². The van der Waals surface area contributed by atoms with Gasteiger partial charge in [-0.05, 0) is 19.0 Å². The Morgan fingerprint density at radius 3 is 2.76 bits per heavy atom. The maximum Gasteiger partial charge on any atom is 0.221 e. The van der Waals surface area contributed by atoms with Crippen molar-refractivity contribution in [1.29, 1.82) is 0 Å². The summed E-state index contributed by atoms with van der Waals surface area (Å²) in [5.74, 6) is -0.339. The predicted octanol–water partition coefficient (Wildman–Crippen LogP) is 1.83. The highest BCUT2D eigenvalue weighted by molar-refractivity contribution is 5.76. The van der Waals surface area contributed by atoms with Crippen LogP contribution in [0.5, 0.6) is 0 Å². The molecule has 2 N–H and O–H groups in total.